The first-order chi connectivity index (χ1) is 13.1. The Morgan fingerprint density at radius 2 is 1.63 bits per heavy atom. The molecular weight excluding hydrogens is 336 g/mol. The van der Waals surface area contributed by atoms with Crippen molar-refractivity contribution in [1.82, 2.24) is 4.90 Å². The number of piperazine rings is 1. The normalized spacial score (nSPS) is 17.4. The molecule has 0 unspecified atom stereocenters. The average Bonchev–Trinajstić information content (AvgIpc) is 2.70. The number of anilines is 1. The predicted octanol–water partition coefficient (Wildman–Crippen LogP) is 4.03. The van der Waals surface area contributed by atoms with Crippen LogP contribution < -0.4 is 4.90 Å². The van der Waals surface area contributed by atoms with Gasteiger partial charge in [0.15, 0.2) is 0 Å². The molecular formula is C23H22N2O2. The lowest BCUT2D eigenvalue weighted by Gasteiger charge is -2.39. The smallest absolute Gasteiger partial charge is 0.254 e. The van der Waals surface area contributed by atoms with Crippen LogP contribution in [0.25, 0.3) is 10.8 Å². The van der Waals surface area contributed by atoms with Crippen molar-refractivity contribution in [3.63, 3.8) is 0 Å². The van der Waals surface area contributed by atoms with Crippen LogP contribution in [-0.4, -0.2) is 35.8 Å². The lowest BCUT2D eigenvalue weighted by atomic mass is 10.0. The van der Waals surface area contributed by atoms with Gasteiger partial charge in [-0.05, 0) is 37.4 Å². The number of carbonyl (C=O) groups is 2. The van der Waals surface area contributed by atoms with E-state index < -0.39 is 6.04 Å². The molecule has 1 atom stereocenters. The molecule has 0 radical (unpaired) electrons. The molecule has 3 aromatic carbocycles. The number of rotatable bonds is 2. The van der Waals surface area contributed by atoms with Gasteiger partial charge in [0.25, 0.3) is 5.91 Å². The van der Waals surface area contributed by atoms with E-state index in [2.05, 4.69) is 0 Å². The van der Waals surface area contributed by atoms with Gasteiger partial charge in [-0.25, -0.2) is 0 Å². The fraction of sp³-hybridized carbons (Fsp3) is 0.217. The average molecular weight is 358 g/mol. The van der Waals surface area contributed by atoms with E-state index in [1.54, 1.807) is 4.90 Å². The number of carbonyl (C=O) groups excluding carboxylic acids is 2. The van der Waals surface area contributed by atoms with Crippen LogP contribution in [0.5, 0.6) is 0 Å². The Kier molecular flexibility index (Phi) is 4.40. The highest BCUT2D eigenvalue weighted by Crippen LogP contribution is 2.29. The minimum atomic E-state index is -0.494. The van der Waals surface area contributed by atoms with Crippen molar-refractivity contribution in [1.29, 1.82) is 0 Å². The summed E-state index contributed by atoms with van der Waals surface area (Å²) in [5, 5.41) is 2.16. The Bertz CT molecular complexity index is 1010. The largest absolute Gasteiger partial charge is 0.325 e. The second-order valence-electron chi connectivity index (χ2n) is 7.03. The maximum Gasteiger partial charge on any atom is 0.254 e. The van der Waals surface area contributed by atoms with E-state index in [1.165, 1.54) is 0 Å². The van der Waals surface area contributed by atoms with Crippen molar-refractivity contribution in [2.75, 3.05) is 18.0 Å². The topological polar surface area (TPSA) is 40.6 Å². The van der Waals surface area contributed by atoms with Crippen molar-refractivity contribution in [2.45, 2.75) is 19.9 Å². The number of hydrogen-bond acceptors (Lipinski definition) is 2. The monoisotopic (exact) mass is 358 g/mol. The van der Waals surface area contributed by atoms with Gasteiger partial charge in [-0.15, -0.1) is 0 Å². The first-order valence-electron chi connectivity index (χ1n) is 9.23. The summed E-state index contributed by atoms with van der Waals surface area (Å²) in [7, 11) is 0. The fourth-order valence-electron chi connectivity index (χ4n) is 3.69. The minimum Gasteiger partial charge on any atom is -0.325 e. The lowest BCUT2D eigenvalue weighted by Crippen LogP contribution is -2.57. The van der Waals surface area contributed by atoms with Gasteiger partial charge in [0.2, 0.25) is 5.91 Å². The van der Waals surface area contributed by atoms with E-state index in [0.29, 0.717) is 18.7 Å². The van der Waals surface area contributed by atoms with Crippen LogP contribution in [0.15, 0.2) is 66.7 Å². The minimum absolute atomic E-state index is 0.0435. The highest BCUT2D eigenvalue weighted by molar-refractivity contribution is 6.08. The standard InChI is InChI=1S/C23H22N2O2/c1-16-10-12-19(13-11-16)23(27)24-14-15-25(22(26)17(24)2)21-9-5-7-18-6-3-4-8-20(18)21/h3-13,17H,14-15H2,1-2H3/t17-/m0/s1. The fourth-order valence-corrected chi connectivity index (χ4v) is 3.69. The molecule has 0 N–H and O–H groups in total. The maximum atomic E-state index is 13.1. The van der Waals surface area contributed by atoms with E-state index in [9.17, 15) is 9.59 Å². The number of amides is 2. The van der Waals surface area contributed by atoms with Gasteiger partial charge in [0.05, 0.1) is 5.69 Å². The quantitative estimate of drug-likeness (QED) is 0.694. The van der Waals surface area contributed by atoms with Crippen LogP contribution in [0.1, 0.15) is 22.8 Å². The van der Waals surface area contributed by atoms with E-state index in [0.717, 1.165) is 22.0 Å². The summed E-state index contributed by atoms with van der Waals surface area (Å²) in [5.41, 5.74) is 2.64. The Morgan fingerprint density at radius 3 is 2.41 bits per heavy atom. The third-order valence-corrected chi connectivity index (χ3v) is 5.27. The SMILES string of the molecule is Cc1ccc(C(=O)N2CCN(c3cccc4ccccc34)C(=O)[C@@H]2C)cc1. The van der Waals surface area contributed by atoms with E-state index in [1.807, 2.05) is 85.5 Å². The molecule has 0 saturated carbocycles. The summed E-state index contributed by atoms with van der Waals surface area (Å²) in [6, 6.07) is 21.1. The van der Waals surface area contributed by atoms with Crippen molar-refractivity contribution in [3.8, 4) is 0 Å². The summed E-state index contributed by atoms with van der Waals surface area (Å²) in [6.07, 6.45) is 0. The highest BCUT2D eigenvalue weighted by atomic mass is 16.2. The third-order valence-electron chi connectivity index (χ3n) is 5.27. The van der Waals surface area contributed by atoms with Crippen LogP contribution in [0.3, 0.4) is 0 Å². The lowest BCUT2D eigenvalue weighted by molar-refractivity contribution is -0.124. The van der Waals surface area contributed by atoms with Gasteiger partial charge in [0.1, 0.15) is 6.04 Å². The number of fused-ring (bicyclic) bond motifs is 1. The summed E-state index contributed by atoms with van der Waals surface area (Å²) in [5.74, 6) is -0.133. The second kappa shape index (κ2) is 6.88. The van der Waals surface area contributed by atoms with Crippen molar-refractivity contribution in [2.24, 2.45) is 0 Å². The van der Waals surface area contributed by atoms with Crippen LogP contribution in [0.4, 0.5) is 5.69 Å². The molecule has 4 heteroatoms. The molecule has 0 bridgehead atoms. The molecule has 1 aliphatic heterocycles. The molecule has 4 rings (SSSR count). The van der Waals surface area contributed by atoms with Gasteiger partial charge < -0.3 is 9.80 Å². The highest BCUT2D eigenvalue weighted by Gasteiger charge is 2.35. The molecule has 1 saturated heterocycles. The van der Waals surface area contributed by atoms with Gasteiger partial charge in [0, 0.05) is 24.0 Å². The van der Waals surface area contributed by atoms with Crippen molar-refractivity contribution < 1.29 is 9.59 Å². The van der Waals surface area contributed by atoms with E-state index in [4.69, 9.17) is 0 Å². The number of benzene rings is 3. The van der Waals surface area contributed by atoms with E-state index in [-0.39, 0.29) is 11.8 Å². The zero-order valence-corrected chi connectivity index (χ0v) is 15.6. The molecule has 1 heterocycles. The summed E-state index contributed by atoms with van der Waals surface area (Å²) in [4.78, 5) is 29.5. The molecule has 1 fully saturated rings. The van der Waals surface area contributed by atoms with Crippen LogP contribution in [0.2, 0.25) is 0 Å². The Balaban J connectivity index is 1.61. The molecule has 4 nitrogen and oxygen atoms in total. The van der Waals surface area contributed by atoms with Gasteiger partial charge in [-0.2, -0.15) is 0 Å². The molecule has 1 aliphatic rings. The molecule has 27 heavy (non-hydrogen) atoms. The van der Waals surface area contributed by atoms with Crippen LogP contribution >= 0.6 is 0 Å². The molecule has 0 aromatic heterocycles. The number of aryl methyl sites for hydroxylation is 1. The summed E-state index contributed by atoms with van der Waals surface area (Å²) < 4.78 is 0. The number of nitrogens with zero attached hydrogens (tertiary/aromatic N) is 2. The molecule has 0 aliphatic carbocycles. The zero-order chi connectivity index (χ0) is 19.0. The van der Waals surface area contributed by atoms with Gasteiger partial charge in [-0.3, -0.25) is 9.59 Å². The van der Waals surface area contributed by atoms with Crippen LogP contribution in [0, 0.1) is 6.92 Å². The molecule has 3 aromatic rings. The second-order valence-corrected chi connectivity index (χ2v) is 7.03. The molecule has 2 amide bonds. The summed E-state index contributed by atoms with van der Waals surface area (Å²) >= 11 is 0. The molecule has 0 spiro atoms. The van der Waals surface area contributed by atoms with Crippen molar-refractivity contribution in [3.05, 3.63) is 77.9 Å². The third kappa shape index (κ3) is 3.08. The van der Waals surface area contributed by atoms with Gasteiger partial charge in [-0.1, -0.05) is 54.1 Å². The maximum absolute atomic E-state index is 13.1. The zero-order valence-electron chi connectivity index (χ0n) is 15.6. The predicted molar refractivity (Wildman–Crippen MR) is 108 cm³/mol. The van der Waals surface area contributed by atoms with Crippen LogP contribution in [-0.2, 0) is 4.79 Å². The van der Waals surface area contributed by atoms with Gasteiger partial charge >= 0.3 is 0 Å². The Morgan fingerprint density at radius 1 is 0.926 bits per heavy atom. The van der Waals surface area contributed by atoms with E-state index >= 15 is 0 Å². The Labute approximate surface area is 159 Å². The van der Waals surface area contributed by atoms with Crippen molar-refractivity contribution >= 4 is 28.3 Å². The first kappa shape index (κ1) is 17.3. The first-order valence-corrected chi connectivity index (χ1v) is 9.23. The molecule has 136 valence electrons. The Hall–Kier alpha value is -3.14. The summed E-state index contributed by atoms with van der Waals surface area (Å²) in [6.45, 7) is 4.81. The number of hydrogen-bond donors (Lipinski definition) is 0.